The fourth-order valence-electron chi connectivity index (χ4n) is 5.48. The molecule has 0 aliphatic carbocycles. The van der Waals surface area contributed by atoms with Crippen LogP contribution in [0.2, 0.25) is 0 Å². The van der Waals surface area contributed by atoms with Gasteiger partial charge in [-0.15, -0.1) is 0 Å². The van der Waals surface area contributed by atoms with Crippen molar-refractivity contribution in [3.8, 4) is 0 Å². The van der Waals surface area contributed by atoms with Crippen molar-refractivity contribution in [1.82, 2.24) is 10.2 Å². The number of nitrogen functional groups attached to an aromatic ring is 1. The summed E-state index contributed by atoms with van der Waals surface area (Å²) in [5.74, 6) is -0.171. The monoisotopic (exact) mass is 543 g/mol. The second kappa shape index (κ2) is 11.8. The van der Waals surface area contributed by atoms with Crippen molar-refractivity contribution >= 4 is 23.0 Å². The van der Waals surface area contributed by atoms with Crippen LogP contribution in [0.25, 0.3) is 0 Å². The van der Waals surface area contributed by atoms with Gasteiger partial charge in [0.15, 0.2) is 0 Å². The molecule has 5 rings (SSSR count). The average molecular weight is 544 g/mol. The summed E-state index contributed by atoms with van der Waals surface area (Å²) in [6, 6.07) is 23.8. The molecule has 0 spiro atoms. The van der Waals surface area contributed by atoms with Gasteiger partial charge in [-0.1, -0.05) is 63.2 Å². The molecule has 0 saturated carbocycles. The summed E-state index contributed by atoms with van der Waals surface area (Å²) in [7, 11) is 0. The topological polar surface area (TPSA) is 94.7 Å². The molecule has 214 valence electrons. The minimum atomic E-state index is -0.171. The maximum Gasteiger partial charge on any atom is 0.251 e. The SMILES string of the molecule is CC(C)(C)C[C@H](NC(=O)c1ccc(N)c(C(=N)c2ccc(N3CCN(C4COC4)CC3)cc2)c1)c1ccccc1.[HH].[HH]. The number of piperazine rings is 1. The van der Waals surface area contributed by atoms with E-state index in [4.69, 9.17) is 15.9 Å². The van der Waals surface area contributed by atoms with Gasteiger partial charge in [-0.3, -0.25) is 15.1 Å². The maximum atomic E-state index is 13.4. The van der Waals surface area contributed by atoms with E-state index in [0.29, 0.717) is 28.6 Å². The first-order chi connectivity index (χ1) is 19.2. The first kappa shape index (κ1) is 27.9. The molecular weight excluding hydrogens is 498 g/mol. The molecule has 2 aliphatic heterocycles. The zero-order chi connectivity index (χ0) is 28.3. The van der Waals surface area contributed by atoms with Gasteiger partial charge in [0.1, 0.15) is 0 Å². The molecule has 2 aliphatic rings. The van der Waals surface area contributed by atoms with Crippen molar-refractivity contribution in [3.63, 3.8) is 0 Å². The van der Waals surface area contributed by atoms with Crippen LogP contribution in [0.4, 0.5) is 11.4 Å². The molecule has 3 aromatic rings. The number of ether oxygens (including phenoxy) is 1. The Labute approximate surface area is 240 Å². The molecule has 7 nitrogen and oxygen atoms in total. The summed E-state index contributed by atoms with van der Waals surface area (Å²) in [6.45, 7) is 12.3. The van der Waals surface area contributed by atoms with E-state index < -0.39 is 0 Å². The van der Waals surface area contributed by atoms with E-state index in [1.54, 1.807) is 18.2 Å². The standard InChI is InChI=1S/C33H41N5O2.2H2/c1-33(2,3)20-30(23-7-5-4-6-8-23)36-32(39)25-11-14-29(34)28(19-25)31(35)24-9-12-26(13-10-24)37-15-17-38(18-16-37)27-21-40-22-27;;/h4-14,19,27,30,35H,15-18,20-22,34H2,1-3H3,(H,36,39);2*1H/t30-;;/m0../s1. The number of hydrogen-bond acceptors (Lipinski definition) is 6. The van der Waals surface area contributed by atoms with Gasteiger partial charge in [0.2, 0.25) is 0 Å². The molecule has 2 saturated heterocycles. The predicted octanol–water partition coefficient (Wildman–Crippen LogP) is 5.61. The lowest BCUT2D eigenvalue weighted by Gasteiger charge is -2.43. The van der Waals surface area contributed by atoms with Gasteiger partial charge >= 0.3 is 0 Å². The Kier molecular flexibility index (Phi) is 8.24. The van der Waals surface area contributed by atoms with Crippen LogP contribution in [0.3, 0.4) is 0 Å². The third kappa shape index (κ3) is 6.54. The number of nitrogens with one attached hydrogen (secondary N) is 2. The van der Waals surface area contributed by atoms with Crippen LogP contribution in [-0.4, -0.2) is 62.0 Å². The lowest BCUT2D eigenvalue weighted by atomic mass is 9.85. The van der Waals surface area contributed by atoms with Gasteiger partial charge in [0.25, 0.3) is 5.91 Å². The van der Waals surface area contributed by atoms with E-state index >= 15 is 0 Å². The Morgan fingerprint density at radius 3 is 2.25 bits per heavy atom. The number of amides is 1. The molecule has 0 radical (unpaired) electrons. The lowest BCUT2D eigenvalue weighted by Crippen LogP contribution is -2.56. The minimum absolute atomic E-state index is 0. The van der Waals surface area contributed by atoms with E-state index in [1.807, 2.05) is 42.5 Å². The van der Waals surface area contributed by atoms with Gasteiger partial charge in [0.05, 0.1) is 31.0 Å². The highest BCUT2D eigenvalue weighted by molar-refractivity contribution is 6.15. The largest absolute Gasteiger partial charge is 0.398 e. The van der Waals surface area contributed by atoms with Crippen LogP contribution in [0.15, 0.2) is 72.8 Å². The molecule has 3 aromatic carbocycles. The van der Waals surface area contributed by atoms with Crippen molar-refractivity contribution in [3.05, 3.63) is 95.1 Å². The molecule has 0 bridgehead atoms. The van der Waals surface area contributed by atoms with Gasteiger partial charge in [0, 0.05) is 57.1 Å². The summed E-state index contributed by atoms with van der Waals surface area (Å²) in [5.41, 5.74) is 11.2. The summed E-state index contributed by atoms with van der Waals surface area (Å²) in [5, 5.41) is 12.1. The molecule has 1 atom stereocenters. The number of anilines is 2. The minimum Gasteiger partial charge on any atom is -0.398 e. The quantitative estimate of drug-likeness (QED) is 0.254. The Morgan fingerprint density at radius 1 is 1.00 bits per heavy atom. The van der Waals surface area contributed by atoms with E-state index in [9.17, 15) is 4.79 Å². The zero-order valence-corrected chi connectivity index (χ0v) is 23.8. The number of rotatable bonds is 8. The number of nitrogens with zero attached hydrogens (tertiary/aromatic N) is 2. The van der Waals surface area contributed by atoms with Gasteiger partial charge in [-0.05, 0) is 47.7 Å². The average Bonchev–Trinajstić information content (AvgIpc) is 2.92. The highest BCUT2D eigenvalue weighted by atomic mass is 16.5. The first-order valence-electron chi connectivity index (χ1n) is 14.2. The molecule has 2 heterocycles. The third-order valence-electron chi connectivity index (χ3n) is 7.88. The van der Waals surface area contributed by atoms with E-state index in [2.05, 4.69) is 48.0 Å². The van der Waals surface area contributed by atoms with Crippen LogP contribution in [-0.2, 0) is 4.74 Å². The van der Waals surface area contributed by atoms with Crippen LogP contribution in [0.1, 0.15) is 63.1 Å². The Balaban J connectivity index is 0.00000242. The van der Waals surface area contributed by atoms with Gasteiger partial charge in [-0.2, -0.15) is 0 Å². The molecule has 2 fully saturated rings. The molecular formula is C33H45N5O2. The Hall–Kier alpha value is -3.68. The molecule has 7 heteroatoms. The van der Waals surface area contributed by atoms with Crippen LogP contribution < -0.4 is 16.0 Å². The summed E-state index contributed by atoms with van der Waals surface area (Å²) < 4.78 is 5.35. The second-order valence-corrected chi connectivity index (χ2v) is 12.1. The number of benzene rings is 3. The smallest absolute Gasteiger partial charge is 0.251 e. The van der Waals surface area contributed by atoms with Crippen molar-refractivity contribution in [2.24, 2.45) is 5.41 Å². The molecule has 40 heavy (non-hydrogen) atoms. The number of hydrogen-bond donors (Lipinski definition) is 3. The summed E-state index contributed by atoms with van der Waals surface area (Å²) >= 11 is 0. The first-order valence-corrected chi connectivity index (χ1v) is 14.2. The van der Waals surface area contributed by atoms with Gasteiger partial charge in [-0.25, -0.2) is 0 Å². The van der Waals surface area contributed by atoms with Crippen LogP contribution in [0.5, 0.6) is 0 Å². The fraction of sp³-hybridized carbons (Fsp3) is 0.394. The van der Waals surface area contributed by atoms with Crippen LogP contribution >= 0.6 is 0 Å². The predicted molar refractivity (Wildman–Crippen MR) is 167 cm³/mol. The van der Waals surface area contributed by atoms with Crippen molar-refractivity contribution < 1.29 is 12.4 Å². The Bertz CT molecular complexity index is 1330. The zero-order valence-electron chi connectivity index (χ0n) is 23.8. The molecule has 1 amide bonds. The highest BCUT2D eigenvalue weighted by Gasteiger charge is 2.29. The summed E-state index contributed by atoms with van der Waals surface area (Å²) in [4.78, 5) is 18.3. The fourth-order valence-corrected chi connectivity index (χ4v) is 5.48. The molecule has 4 N–H and O–H groups in total. The van der Waals surface area contributed by atoms with Crippen molar-refractivity contribution in [2.45, 2.75) is 39.3 Å². The Morgan fingerprint density at radius 2 is 1.65 bits per heavy atom. The van der Waals surface area contributed by atoms with E-state index in [1.165, 1.54) is 0 Å². The second-order valence-electron chi connectivity index (χ2n) is 12.1. The number of nitrogens with two attached hydrogens (primary N) is 1. The highest BCUT2D eigenvalue weighted by Crippen LogP contribution is 2.30. The molecule has 0 aromatic heterocycles. The van der Waals surface area contributed by atoms with Gasteiger partial charge < -0.3 is 20.7 Å². The molecule has 0 unspecified atom stereocenters. The van der Waals surface area contributed by atoms with Crippen molar-refractivity contribution in [2.75, 3.05) is 50.0 Å². The maximum absolute atomic E-state index is 13.4. The van der Waals surface area contributed by atoms with E-state index in [-0.39, 0.29) is 20.2 Å². The summed E-state index contributed by atoms with van der Waals surface area (Å²) in [6.07, 6.45) is 0.802. The third-order valence-corrected chi connectivity index (χ3v) is 7.88. The number of carbonyl (C=O) groups is 1. The van der Waals surface area contributed by atoms with Crippen molar-refractivity contribution in [1.29, 1.82) is 5.41 Å². The van der Waals surface area contributed by atoms with E-state index in [0.717, 1.165) is 62.6 Å². The van der Waals surface area contributed by atoms with Crippen LogP contribution in [0, 0.1) is 10.8 Å². The normalized spacial score (nSPS) is 17.2. The number of carbonyl (C=O) groups excluding carboxylic acids is 1. The lowest BCUT2D eigenvalue weighted by molar-refractivity contribution is -0.0660.